The standard InChI is InChI=1S/C20H18BrN3O/c1-14-18-11-6-12-23(18)19-10-5-2-7-15(19)13-24(14)20(25)22-17-9-4-3-8-16(17)21/h2-12,14H,13H2,1H3,(H,22,25)/t14-/m1/s1. The number of carbonyl (C=O) groups is 1. The van der Waals surface area contributed by atoms with Gasteiger partial charge < -0.3 is 14.8 Å². The molecule has 4 nitrogen and oxygen atoms in total. The molecule has 5 heteroatoms. The SMILES string of the molecule is C[C@@H]1c2cccn2-c2ccccc2CN1C(=O)Nc1ccccc1Br. The van der Waals surface area contributed by atoms with Gasteiger partial charge in [-0.3, -0.25) is 0 Å². The molecule has 3 aromatic rings. The van der Waals surface area contributed by atoms with E-state index >= 15 is 0 Å². The molecule has 0 saturated carbocycles. The number of rotatable bonds is 1. The number of nitrogens with zero attached hydrogens (tertiary/aromatic N) is 2. The summed E-state index contributed by atoms with van der Waals surface area (Å²) in [7, 11) is 0. The lowest BCUT2D eigenvalue weighted by molar-refractivity contribution is 0.189. The van der Waals surface area contributed by atoms with Gasteiger partial charge in [-0.1, -0.05) is 30.3 Å². The summed E-state index contributed by atoms with van der Waals surface area (Å²) in [6, 6.07) is 19.8. The third-order valence-electron chi connectivity index (χ3n) is 4.64. The van der Waals surface area contributed by atoms with E-state index in [2.05, 4.69) is 57.1 Å². The molecule has 0 fully saturated rings. The Labute approximate surface area is 155 Å². The van der Waals surface area contributed by atoms with Crippen molar-refractivity contribution in [3.63, 3.8) is 0 Å². The van der Waals surface area contributed by atoms with Crippen molar-refractivity contribution in [2.45, 2.75) is 19.5 Å². The Balaban J connectivity index is 1.71. The van der Waals surface area contributed by atoms with Crippen LogP contribution in [0.5, 0.6) is 0 Å². The molecule has 0 bridgehead atoms. The van der Waals surface area contributed by atoms with Crippen LogP contribution in [-0.4, -0.2) is 15.5 Å². The number of halogens is 1. The van der Waals surface area contributed by atoms with Gasteiger partial charge in [0, 0.05) is 16.4 Å². The molecule has 0 aliphatic carbocycles. The van der Waals surface area contributed by atoms with E-state index in [1.165, 1.54) is 0 Å². The fourth-order valence-electron chi connectivity index (χ4n) is 3.31. The summed E-state index contributed by atoms with van der Waals surface area (Å²) in [5.74, 6) is 0. The quantitative estimate of drug-likeness (QED) is 0.592. The second-order valence-electron chi connectivity index (χ2n) is 6.15. The van der Waals surface area contributed by atoms with E-state index < -0.39 is 0 Å². The highest BCUT2D eigenvalue weighted by Crippen LogP contribution is 2.32. The predicted molar refractivity (Wildman–Crippen MR) is 103 cm³/mol. The van der Waals surface area contributed by atoms with Gasteiger partial charge in [0.15, 0.2) is 0 Å². The molecule has 1 N–H and O–H groups in total. The zero-order valence-electron chi connectivity index (χ0n) is 13.8. The van der Waals surface area contributed by atoms with Gasteiger partial charge in [-0.25, -0.2) is 4.79 Å². The summed E-state index contributed by atoms with van der Waals surface area (Å²) in [4.78, 5) is 14.9. The van der Waals surface area contributed by atoms with Crippen molar-refractivity contribution in [2.75, 3.05) is 5.32 Å². The lowest BCUT2D eigenvalue weighted by Crippen LogP contribution is -2.36. The van der Waals surface area contributed by atoms with Gasteiger partial charge in [-0.05, 0) is 58.7 Å². The Kier molecular flexibility index (Phi) is 4.09. The van der Waals surface area contributed by atoms with Crippen LogP contribution in [0, 0.1) is 0 Å². The van der Waals surface area contributed by atoms with Crippen molar-refractivity contribution >= 4 is 27.6 Å². The smallest absolute Gasteiger partial charge is 0.318 e. The minimum absolute atomic E-state index is 0.0371. The number of para-hydroxylation sites is 2. The summed E-state index contributed by atoms with van der Waals surface area (Å²) in [6.07, 6.45) is 2.06. The Morgan fingerprint density at radius 2 is 1.84 bits per heavy atom. The number of hydrogen-bond acceptors (Lipinski definition) is 1. The molecule has 0 radical (unpaired) electrons. The van der Waals surface area contributed by atoms with E-state index in [1.807, 2.05) is 47.4 Å². The van der Waals surface area contributed by atoms with Gasteiger partial charge in [0.25, 0.3) is 0 Å². The number of amides is 2. The highest BCUT2D eigenvalue weighted by molar-refractivity contribution is 9.10. The third kappa shape index (κ3) is 2.85. The topological polar surface area (TPSA) is 37.3 Å². The third-order valence-corrected chi connectivity index (χ3v) is 5.34. The Morgan fingerprint density at radius 3 is 2.68 bits per heavy atom. The van der Waals surface area contributed by atoms with E-state index in [-0.39, 0.29) is 12.1 Å². The maximum Gasteiger partial charge on any atom is 0.322 e. The first-order valence-electron chi connectivity index (χ1n) is 8.23. The molecule has 0 spiro atoms. The Morgan fingerprint density at radius 1 is 1.08 bits per heavy atom. The van der Waals surface area contributed by atoms with E-state index in [4.69, 9.17) is 0 Å². The van der Waals surface area contributed by atoms with Gasteiger partial charge in [-0.15, -0.1) is 0 Å². The second-order valence-corrected chi connectivity index (χ2v) is 7.00. The first-order valence-corrected chi connectivity index (χ1v) is 9.02. The van der Waals surface area contributed by atoms with Crippen LogP contribution in [0.15, 0.2) is 71.3 Å². The monoisotopic (exact) mass is 395 g/mol. The van der Waals surface area contributed by atoms with Crippen LogP contribution >= 0.6 is 15.9 Å². The summed E-state index contributed by atoms with van der Waals surface area (Å²) in [5.41, 5.74) is 4.14. The van der Waals surface area contributed by atoms with Crippen molar-refractivity contribution in [2.24, 2.45) is 0 Å². The summed E-state index contributed by atoms with van der Waals surface area (Å²) in [6.45, 7) is 2.63. The number of hydrogen-bond donors (Lipinski definition) is 1. The molecule has 0 unspecified atom stereocenters. The van der Waals surface area contributed by atoms with Gasteiger partial charge >= 0.3 is 6.03 Å². The molecule has 2 heterocycles. The molecule has 1 aromatic heterocycles. The minimum atomic E-state index is -0.108. The Hall–Kier alpha value is -2.53. The summed E-state index contributed by atoms with van der Waals surface area (Å²) in [5, 5.41) is 3.02. The van der Waals surface area contributed by atoms with Gasteiger partial charge in [-0.2, -0.15) is 0 Å². The first kappa shape index (κ1) is 16.0. The fourth-order valence-corrected chi connectivity index (χ4v) is 3.69. The lowest BCUT2D eigenvalue weighted by Gasteiger charge is -2.28. The van der Waals surface area contributed by atoms with Crippen molar-refractivity contribution in [3.05, 3.63) is 82.6 Å². The van der Waals surface area contributed by atoms with E-state index in [1.54, 1.807) is 0 Å². The minimum Gasteiger partial charge on any atom is -0.318 e. The van der Waals surface area contributed by atoms with Crippen LogP contribution in [0.4, 0.5) is 10.5 Å². The maximum absolute atomic E-state index is 13.0. The summed E-state index contributed by atoms with van der Waals surface area (Å²) < 4.78 is 3.04. The molecule has 2 aromatic carbocycles. The first-order chi connectivity index (χ1) is 12.1. The maximum atomic E-state index is 13.0. The molecular weight excluding hydrogens is 378 g/mol. The highest BCUT2D eigenvalue weighted by atomic mass is 79.9. The zero-order chi connectivity index (χ0) is 17.4. The molecule has 126 valence electrons. The van der Waals surface area contributed by atoms with Crippen LogP contribution in [0.3, 0.4) is 0 Å². The Bertz CT molecular complexity index is 934. The number of urea groups is 1. The number of benzene rings is 2. The van der Waals surface area contributed by atoms with E-state index in [0.29, 0.717) is 6.54 Å². The molecule has 1 atom stereocenters. The molecule has 1 aliphatic rings. The van der Waals surface area contributed by atoms with Gasteiger partial charge in [0.05, 0.1) is 24.0 Å². The largest absolute Gasteiger partial charge is 0.322 e. The molecule has 1 aliphatic heterocycles. The number of aromatic nitrogens is 1. The van der Waals surface area contributed by atoms with E-state index in [0.717, 1.165) is 27.1 Å². The van der Waals surface area contributed by atoms with Crippen LogP contribution in [0.1, 0.15) is 24.2 Å². The molecular formula is C20H18BrN3O. The zero-order valence-corrected chi connectivity index (χ0v) is 15.4. The van der Waals surface area contributed by atoms with Crippen molar-refractivity contribution in [1.29, 1.82) is 0 Å². The van der Waals surface area contributed by atoms with Crippen LogP contribution in [-0.2, 0) is 6.54 Å². The molecule has 4 rings (SSSR count). The van der Waals surface area contributed by atoms with Crippen molar-refractivity contribution < 1.29 is 4.79 Å². The van der Waals surface area contributed by atoms with Crippen LogP contribution in [0.25, 0.3) is 5.69 Å². The van der Waals surface area contributed by atoms with Crippen LogP contribution in [0.2, 0.25) is 0 Å². The number of carbonyl (C=O) groups excluding carboxylic acids is 1. The van der Waals surface area contributed by atoms with Crippen molar-refractivity contribution in [3.8, 4) is 5.69 Å². The summed E-state index contributed by atoms with van der Waals surface area (Å²) >= 11 is 3.49. The number of anilines is 1. The van der Waals surface area contributed by atoms with Gasteiger partial charge in [0.1, 0.15) is 0 Å². The van der Waals surface area contributed by atoms with Crippen molar-refractivity contribution in [1.82, 2.24) is 9.47 Å². The molecule has 2 amide bonds. The number of fused-ring (bicyclic) bond motifs is 3. The second kappa shape index (κ2) is 6.41. The van der Waals surface area contributed by atoms with Gasteiger partial charge in [0.2, 0.25) is 0 Å². The molecule has 25 heavy (non-hydrogen) atoms. The fraction of sp³-hybridized carbons (Fsp3) is 0.150. The average molecular weight is 396 g/mol. The van der Waals surface area contributed by atoms with Crippen LogP contribution < -0.4 is 5.32 Å². The normalized spacial score (nSPS) is 15.9. The highest BCUT2D eigenvalue weighted by Gasteiger charge is 2.28. The average Bonchev–Trinajstić information content (AvgIpc) is 3.07. The predicted octanol–water partition coefficient (Wildman–Crippen LogP) is 5.35. The number of nitrogens with one attached hydrogen (secondary N) is 1. The van der Waals surface area contributed by atoms with E-state index in [9.17, 15) is 4.79 Å². The molecule has 0 saturated heterocycles. The lowest BCUT2D eigenvalue weighted by atomic mass is 10.1.